The number of Topliss-reactive ketones (excluding diaryl/α,β-unsaturated/α-hetero) is 1. The van der Waals surface area contributed by atoms with Crippen LogP contribution in [0.25, 0.3) is 10.8 Å². The SMILES string of the molecule is O=C(c1ccc2ccccc2c1)C1CCCN(C(=O)CCN2CCCCC2=O)C1. The van der Waals surface area contributed by atoms with E-state index in [2.05, 4.69) is 0 Å². The van der Waals surface area contributed by atoms with E-state index in [1.54, 1.807) is 0 Å². The Morgan fingerprint density at radius 1 is 0.966 bits per heavy atom. The number of benzene rings is 2. The smallest absolute Gasteiger partial charge is 0.224 e. The molecule has 1 unspecified atom stereocenters. The molecular formula is C24H28N2O3. The molecular weight excluding hydrogens is 364 g/mol. The lowest BCUT2D eigenvalue weighted by molar-refractivity contribution is -0.136. The van der Waals surface area contributed by atoms with Crippen LogP contribution in [0.2, 0.25) is 0 Å². The monoisotopic (exact) mass is 392 g/mol. The second-order valence-electron chi connectivity index (χ2n) is 8.19. The van der Waals surface area contributed by atoms with Gasteiger partial charge in [-0.15, -0.1) is 0 Å². The van der Waals surface area contributed by atoms with Crippen LogP contribution in [-0.2, 0) is 9.59 Å². The van der Waals surface area contributed by atoms with E-state index < -0.39 is 0 Å². The zero-order valence-corrected chi connectivity index (χ0v) is 16.8. The lowest BCUT2D eigenvalue weighted by atomic mass is 9.89. The molecule has 0 bridgehead atoms. The van der Waals surface area contributed by atoms with Gasteiger partial charge in [-0.3, -0.25) is 14.4 Å². The number of carbonyl (C=O) groups excluding carboxylic acids is 3. The molecule has 2 aliphatic heterocycles. The predicted octanol–water partition coefficient (Wildman–Crippen LogP) is 3.66. The molecule has 2 aliphatic rings. The molecule has 1 atom stereocenters. The summed E-state index contributed by atoms with van der Waals surface area (Å²) in [6, 6.07) is 13.9. The van der Waals surface area contributed by atoms with Crippen molar-refractivity contribution in [3.05, 3.63) is 48.0 Å². The van der Waals surface area contributed by atoms with E-state index in [9.17, 15) is 14.4 Å². The Hall–Kier alpha value is -2.69. The van der Waals surface area contributed by atoms with Crippen molar-refractivity contribution >= 4 is 28.4 Å². The van der Waals surface area contributed by atoms with Crippen LogP contribution in [0, 0.1) is 5.92 Å². The second-order valence-corrected chi connectivity index (χ2v) is 8.19. The van der Waals surface area contributed by atoms with Gasteiger partial charge in [0, 0.05) is 50.5 Å². The summed E-state index contributed by atoms with van der Waals surface area (Å²) < 4.78 is 0. The first-order chi connectivity index (χ1) is 14.1. The predicted molar refractivity (Wildman–Crippen MR) is 113 cm³/mol. The van der Waals surface area contributed by atoms with Crippen LogP contribution in [0.5, 0.6) is 0 Å². The van der Waals surface area contributed by atoms with Crippen LogP contribution in [0.1, 0.15) is 48.9 Å². The van der Waals surface area contributed by atoms with Crippen LogP contribution in [0.15, 0.2) is 42.5 Å². The molecule has 5 heteroatoms. The van der Waals surface area contributed by atoms with Gasteiger partial charge in [0.2, 0.25) is 11.8 Å². The highest BCUT2D eigenvalue weighted by Crippen LogP contribution is 2.24. The summed E-state index contributed by atoms with van der Waals surface area (Å²) in [5, 5.41) is 2.19. The van der Waals surface area contributed by atoms with Crippen molar-refractivity contribution in [2.45, 2.75) is 38.5 Å². The van der Waals surface area contributed by atoms with Gasteiger partial charge in [-0.2, -0.15) is 0 Å². The highest BCUT2D eigenvalue weighted by Gasteiger charge is 2.29. The summed E-state index contributed by atoms with van der Waals surface area (Å²) in [4.78, 5) is 41.3. The molecule has 2 aromatic rings. The molecule has 5 nitrogen and oxygen atoms in total. The van der Waals surface area contributed by atoms with Gasteiger partial charge in [-0.25, -0.2) is 0 Å². The Balaban J connectivity index is 1.37. The second kappa shape index (κ2) is 8.76. The Morgan fingerprint density at radius 3 is 2.62 bits per heavy atom. The summed E-state index contributed by atoms with van der Waals surface area (Å²) in [5.41, 5.74) is 0.724. The van der Waals surface area contributed by atoms with Crippen LogP contribution in [-0.4, -0.2) is 53.6 Å². The Labute approximate surface area is 171 Å². The van der Waals surface area contributed by atoms with Crippen molar-refractivity contribution < 1.29 is 14.4 Å². The molecule has 4 rings (SSSR count). The Bertz CT molecular complexity index is 923. The number of likely N-dealkylation sites (tertiary alicyclic amines) is 2. The fourth-order valence-corrected chi connectivity index (χ4v) is 4.48. The number of fused-ring (bicyclic) bond motifs is 1. The molecule has 2 aromatic carbocycles. The molecule has 0 radical (unpaired) electrons. The van der Waals surface area contributed by atoms with E-state index >= 15 is 0 Å². The van der Waals surface area contributed by atoms with Crippen molar-refractivity contribution in [3.8, 4) is 0 Å². The van der Waals surface area contributed by atoms with Gasteiger partial charge in [0.15, 0.2) is 5.78 Å². The van der Waals surface area contributed by atoms with Crippen LogP contribution >= 0.6 is 0 Å². The lowest BCUT2D eigenvalue weighted by Gasteiger charge is -2.33. The van der Waals surface area contributed by atoms with Gasteiger partial charge >= 0.3 is 0 Å². The number of hydrogen-bond acceptors (Lipinski definition) is 3. The van der Waals surface area contributed by atoms with E-state index in [-0.39, 0.29) is 23.5 Å². The molecule has 0 aliphatic carbocycles. The third-order valence-electron chi connectivity index (χ3n) is 6.20. The maximum atomic E-state index is 13.1. The van der Waals surface area contributed by atoms with E-state index in [1.807, 2.05) is 52.3 Å². The van der Waals surface area contributed by atoms with Crippen molar-refractivity contribution in [1.29, 1.82) is 0 Å². The first kappa shape index (κ1) is 19.6. The minimum atomic E-state index is -0.148. The van der Waals surface area contributed by atoms with Gasteiger partial charge in [0.1, 0.15) is 0 Å². The Morgan fingerprint density at radius 2 is 1.79 bits per heavy atom. The third-order valence-corrected chi connectivity index (χ3v) is 6.20. The average Bonchev–Trinajstić information content (AvgIpc) is 2.77. The number of piperidine rings is 2. The number of hydrogen-bond donors (Lipinski definition) is 0. The van der Waals surface area contributed by atoms with Gasteiger partial charge in [-0.05, 0) is 42.5 Å². The van der Waals surface area contributed by atoms with Crippen molar-refractivity contribution in [2.75, 3.05) is 26.2 Å². The minimum absolute atomic E-state index is 0.0550. The van der Waals surface area contributed by atoms with Crippen molar-refractivity contribution in [2.24, 2.45) is 5.92 Å². The topological polar surface area (TPSA) is 57.7 Å². The quantitative estimate of drug-likeness (QED) is 0.730. The zero-order valence-electron chi connectivity index (χ0n) is 16.8. The van der Waals surface area contributed by atoms with E-state index in [0.29, 0.717) is 32.5 Å². The third kappa shape index (κ3) is 4.50. The van der Waals surface area contributed by atoms with Gasteiger partial charge in [-0.1, -0.05) is 36.4 Å². The number of nitrogens with zero attached hydrogens (tertiary/aromatic N) is 2. The maximum absolute atomic E-state index is 13.1. The zero-order chi connectivity index (χ0) is 20.2. The molecule has 152 valence electrons. The van der Waals surface area contributed by atoms with Crippen LogP contribution in [0.4, 0.5) is 0 Å². The highest BCUT2D eigenvalue weighted by atomic mass is 16.2. The fraction of sp³-hybridized carbons (Fsp3) is 0.458. The summed E-state index contributed by atoms with van der Waals surface area (Å²) in [7, 11) is 0. The summed E-state index contributed by atoms with van der Waals surface area (Å²) in [6.07, 6.45) is 4.58. The van der Waals surface area contributed by atoms with Gasteiger partial charge in [0.05, 0.1) is 0 Å². The van der Waals surface area contributed by atoms with Gasteiger partial charge in [0.25, 0.3) is 0 Å². The first-order valence-corrected chi connectivity index (χ1v) is 10.7. The first-order valence-electron chi connectivity index (χ1n) is 10.7. The maximum Gasteiger partial charge on any atom is 0.224 e. The van der Waals surface area contributed by atoms with E-state index in [1.165, 1.54) is 0 Å². The van der Waals surface area contributed by atoms with E-state index in [4.69, 9.17) is 0 Å². The molecule has 0 spiro atoms. The van der Waals surface area contributed by atoms with Crippen LogP contribution in [0.3, 0.4) is 0 Å². The summed E-state index contributed by atoms with van der Waals surface area (Å²) >= 11 is 0. The molecule has 0 saturated carbocycles. The number of ketones is 1. The van der Waals surface area contributed by atoms with E-state index in [0.717, 1.165) is 48.6 Å². The van der Waals surface area contributed by atoms with Gasteiger partial charge < -0.3 is 9.80 Å². The van der Waals surface area contributed by atoms with Crippen LogP contribution < -0.4 is 0 Å². The normalized spacial score (nSPS) is 20.1. The molecule has 0 N–H and O–H groups in total. The highest BCUT2D eigenvalue weighted by molar-refractivity contribution is 6.01. The number of rotatable bonds is 5. The Kier molecular flexibility index (Phi) is 5.93. The molecule has 2 heterocycles. The standard InChI is InChI=1S/C24H28N2O3/c27-22-9-3-4-13-25(22)15-12-23(28)26-14-5-8-21(17-26)24(29)20-11-10-18-6-1-2-7-19(18)16-20/h1-2,6-7,10-11,16,21H,3-5,8-9,12-15,17H2. The number of amides is 2. The molecule has 2 amide bonds. The molecule has 2 fully saturated rings. The minimum Gasteiger partial charge on any atom is -0.342 e. The molecule has 0 aromatic heterocycles. The fourth-order valence-electron chi connectivity index (χ4n) is 4.48. The van der Waals surface area contributed by atoms with Crippen molar-refractivity contribution in [1.82, 2.24) is 9.80 Å². The van der Waals surface area contributed by atoms with Crippen molar-refractivity contribution in [3.63, 3.8) is 0 Å². The molecule has 2 saturated heterocycles. The molecule has 29 heavy (non-hydrogen) atoms. The number of carbonyl (C=O) groups is 3. The average molecular weight is 392 g/mol. The lowest BCUT2D eigenvalue weighted by Crippen LogP contribution is -2.44. The summed E-state index contributed by atoms with van der Waals surface area (Å²) in [5.74, 6) is 0.191. The summed E-state index contributed by atoms with van der Waals surface area (Å²) in [6.45, 7) is 2.44. The largest absolute Gasteiger partial charge is 0.342 e.